The summed E-state index contributed by atoms with van der Waals surface area (Å²) in [5.74, 6) is -1.34. The number of carbonyl (C=O) groups excluding carboxylic acids is 2. The molecule has 7 nitrogen and oxygen atoms in total. The predicted molar refractivity (Wildman–Crippen MR) is 77.7 cm³/mol. The number of likely N-dealkylation sites (tertiary alicyclic amines) is 1. The van der Waals surface area contributed by atoms with Gasteiger partial charge in [-0.3, -0.25) is 9.59 Å². The van der Waals surface area contributed by atoms with Crippen molar-refractivity contribution in [3.05, 3.63) is 0 Å². The van der Waals surface area contributed by atoms with Crippen LogP contribution in [0.3, 0.4) is 0 Å². The van der Waals surface area contributed by atoms with Crippen molar-refractivity contribution in [2.75, 3.05) is 33.2 Å². The zero-order chi connectivity index (χ0) is 16.2. The lowest BCUT2D eigenvalue weighted by atomic mass is 9.99. The fraction of sp³-hybridized carbons (Fsp3) is 0.786. The van der Waals surface area contributed by atoms with Crippen molar-refractivity contribution >= 4 is 17.9 Å². The monoisotopic (exact) mass is 299 g/mol. The Bertz CT molecular complexity index is 411. The quantitative estimate of drug-likeness (QED) is 0.772. The molecule has 0 aromatic rings. The van der Waals surface area contributed by atoms with E-state index in [1.165, 1.54) is 9.80 Å². The molecule has 1 aliphatic rings. The Labute approximate surface area is 125 Å². The molecular weight excluding hydrogens is 274 g/mol. The van der Waals surface area contributed by atoms with Gasteiger partial charge in [0.2, 0.25) is 5.91 Å². The molecule has 1 fully saturated rings. The minimum absolute atomic E-state index is 0.0197. The molecule has 1 heterocycles. The van der Waals surface area contributed by atoms with E-state index in [0.717, 1.165) is 0 Å². The lowest BCUT2D eigenvalue weighted by molar-refractivity contribution is -0.142. The first-order chi connectivity index (χ1) is 9.72. The summed E-state index contributed by atoms with van der Waals surface area (Å²) in [4.78, 5) is 37.8. The van der Waals surface area contributed by atoms with Crippen molar-refractivity contribution in [2.24, 2.45) is 17.8 Å². The number of hydrogen-bond acceptors (Lipinski definition) is 3. The van der Waals surface area contributed by atoms with Crippen molar-refractivity contribution < 1.29 is 19.5 Å². The number of likely N-dealkylation sites (N-methyl/N-ethyl adjacent to an activating group) is 1. The normalized spacial score (nSPS) is 21.5. The molecule has 0 aliphatic carbocycles. The maximum Gasteiger partial charge on any atom is 0.320 e. The van der Waals surface area contributed by atoms with E-state index in [1.807, 2.05) is 20.8 Å². The molecule has 21 heavy (non-hydrogen) atoms. The van der Waals surface area contributed by atoms with Crippen LogP contribution in [0, 0.1) is 17.8 Å². The molecule has 0 saturated carbocycles. The summed E-state index contributed by atoms with van der Waals surface area (Å²) >= 11 is 0. The number of nitrogens with one attached hydrogen (secondary N) is 1. The first-order valence-electron chi connectivity index (χ1n) is 7.22. The number of hydrogen-bond donors (Lipinski definition) is 2. The van der Waals surface area contributed by atoms with Crippen molar-refractivity contribution in [3.63, 3.8) is 0 Å². The van der Waals surface area contributed by atoms with Gasteiger partial charge >= 0.3 is 12.0 Å². The molecule has 1 rings (SSSR count). The maximum atomic E-state index is 12.2. The Morgan fingerprint density at radius 1 is 1.33 bits per heavy atom. The molecule has 2 atom stereocenters. The van der Waals surface area contributed by atoms with Gasteiger partial charge in [-0.1, -0.05) is 20.8 Å². The molecule has 3 amide bonds. The van der Waals surface area contributed by atoms with E-state index in [2.05, 4.69) is 5.32 Å². The Morgan fingerprint density at radius 2 is 1.95 bits per heavy atom. The summed E-state index contributed by atoms with van der Waals surface area (Å²) in [6, 6.07) is -0.301. The van der Waals surface area contributed by atoms with Crippen LogP contribution >= 0.6 is 0 Å². The summed E-state index contributed by atoms with van der Waals surface area (Å²) < 4.78 is 0. The van der Waals surface area contributed by atoms with E-state index in [1.54, 1.807) is 7.05 Å². The van der Waals surface area contributed by atoms with Crippen LogP contribution in [0.2, 0.25) is 0 Å². The van der Waals surface area contributed by atoms with Gasteiger partial charge in [-0.25, -0.2) is 4.79 Å². The Kier molecular flexibility index (Phi) is 5.99. The van der Waals surface area contributed by atoms with Crippen LogP contribution < -0.4 is 5.32 Å². The van der Waals surface area contributed by atoms with E-state index in [-0.39, 0.29) is 30.9 Å². The van der Waals surface area contributed by atoms with Crippen LogP contribution in [0.5, 0.6) is 0 Å². The van der Waals surface area contributed by atoms with Crippen molar-refractivity contribution in [2.45, 2.75) is 20.8 Å². The number of aliphatic carboxylic acids is 1. The van der Waals surface area contributed by atoms with Crippen LogP contribution in [-0.2, 0) is 9.59 Å². The molecule has 0 aromatic heterocycles. The van der Waals surface area contributed by atoms with E-state index >= 15 is 0 Å². The van der Waals surface area contributed by atoms with Crippen LogP contribution in [0.1, 0.15) is 20.8 Å². The number of urea groups is 1. The van der Waals surface area contributed by atoms with Gasteiger partial charge in [-0.2, -0.15) is 0 Å². The number of rotatable bonds is 5. The summed E-state index contributed by atoms with van der Waals surface area (Å²) in [6.45, 7) is 6.97. The smallest absolute Gasteiger partial charge is 0.320 e. The number of carbonyl (C=O) groups is 3. The lowest BCUT2D eigenvalue weighted by Gasteiger charge is -2.24. The van der Waals surface area contributed by atoms with Crippen LogP contribution in [0.4, 0.5) is 4.79 Å². The third-order valence-electron chi connectivity index (χ3n) is 3.61. The summed E-state index contributed by atoms with van der Waals surface area (Å²) in [6.07, 6.45) is 0. The highest BCUT2D eigenvalue weighted by molar-refractivity contribution is 5.84. The second-order valence-corrected chi connectivity index (χ2v) is 6.16. The molecule has 2 unspecified atom stereocenters. The van der Waals surface area contributed by atoms with Crippen molar-refractivity contribution in [3.8, 4) is 0 Å². The van der Waals surface area contributed by atoms with E-state index in [9.17, 15) is 14.4 Å². The van der Waals surface area contributed by atoms with E-state index < -0.39 is 11.9 Å². The molecule has 0 radical (unpaired) electrons. The highest BCUT2D eigenvalue weighted by atomic mass is 16.4. The highest BCUT2D eigenvalue weighted by Crippen LogP contribution is 2.23. The van der Waals surface area contributed by atoms with Gasteiger partial charge in [0.15, 0.2) is 0 Å². The van der Waals surface area contributed by atoms with Gasteiger partial charge in [-0.05, 0) is 11.8 Å². The third-order valence-corrected chi connectivity index (χ3v) is 3.61. The summed E-state index contributed by atoms with van der Waals surface area (Å²) in [5.41, 5.74) is 0. The molecule has 0 bridgehead atoms. The zero-order valence-electron chi connectivity index (χ0n) is 13.1. The maximum absolute atomic E-state index is 12.2. The zero-order valence-corrected chi connectivity index (χ0v) is 13.1. The molecule has 7 heteroatoms. The molecule has 1 saturated heterocycles. The van der Waals surface area contributed by atoms with Crippen molar-refractivity contribution in [1.82, 2.24) is 15.1 Å². The molecule has 120 valence electrons. The van der Waals surface area contributed by atoms with Gasteiger partial charge in [0.1, 0.15) is 6.54 Å². The number of carboxylic acids is 1. The lowest BCUT2D eigenvalue weighted by Crippen LogP contribution is -2.45. The average Bonchev–Trinajstić information content (AvgIpc) is 2.77. The average molecular weight is 299 g/mol. The van der Waals surface area contributed by atoms with E-state index in [0.29, 0.717) is 19.0 Å². The Hall–Kier alpha value is -1.79. The first-order valence-corrected chi connectivity index (χ1v) is 7.22. The summed E-state index contributed by atoms with van der Waals surface area (Å²) in [7, 11) is 1.55. The summed E-state index contributed by atoms with van der Waals surface area (Å²) in [5, 5.41) is 11.8. The Balaban J connectivity index is 2.48. The van der Waals surface area contributed by atoms with Gasteiger partial charge in [0, 0.05) is 26.7 Å². The van der Waals surface area contributed by atoms with Gasteiger partial charge in [0.25, 0.3) is 0 Å². The molecule has 0 spiro atoms. The highest BCUT2D eigenvalue weighted by Gasteiger charge is 2.38. The standard InChI is InChI=1S/C14H25N3O4/c1-9(2)5-15-12(18)8-16(4)14(21)17-6-10(3)11(7-17)13(19)20/h9-11H,5-8H2,1-4H3,(H,15,18)(H,19,20). The second-order valence-electron chi connectivity index (χ2n) is 6.16. The fourth-order valence-corrected chi connectivity index (χ4v) is 2.34. The number of nitrogens with zero attached hydrogens (tertiary/aromatic N) is 2. The van der Waals surface area contributed by atoms with Gasteiger partial charge < -0.3 is 20.2 Å². The third kappa shape index (κ3) is 4.91. The topological polar surface area (TPSA) is 90.0 Å². The SMILES string of the molecule is CC(C)CNC(=O)CN(C)C(=O)N1CC(C)C(C(=O)O)C1. The molecular formula is C14H25N3O4. The second kappa shape index (κ2) is 7.28. The van der Waals surface area contributed by atoms with Gasteiger partial charge in [0.05, 0.1) is 5.92 Å². The van der Waals surface area contributed by atoms with E-state index in [4.69, 9.17) is 5.11 Å². The minimum Gasteiger partial charge on any atom is -0.481 e. The largest absolute Gasteiger partial charge is 0.481 e. The molecule has 0 aromatic carbocycles. The van der Waals surface area contributed by atoms with Crippen LogP contribution in [0.15, 0.2) is 0 Å². The minimum atomic E-state index is -0.880. The first kappa shape index (κ1) is 17.3. The van der Waals surface area contributed by atoms with Crippen molar-refractivity contribution in [1.29, 1.82) is 0 Å². The van der Waals surface area contributed by atoms with Gasteiger partial charge in [-0.15, -0.1) is 0 Å². The number of carboxylic acid groups (broad SMARTS) is 1. The Morgan fingerprint density at radius 3 is 2.43 bits per heavy atom. The molecule has 2 N–H and O–H groups in total. The number of amides is 3. The fourth-order valence-electron chi connectivity index (χ4n) is 2.34. The van der Waals surface area contributed by atoms with Crippen LogP contribution in [-0.4, -0.2) is 66.0 Å². The molecule has 1 aliphatic heterocycles. The predicted octanol–water partition coefficient (Wildman–Crippen LogP) is 0.463. The van der Waals surface area contributed by atoms with Crippen LogP contribution in [0.25, 0.3) is 0 Å².